The minimum atomic E-state index is -0.514. The summed E-state index contributed by atoms with van der Waals surface area (Å²) in [7, 11) is 0. The molecule has 5 nitrogen and oxygen atoms in total. The predicted molar refractivity (Wildman–Crippen MR) is 72.2 cm³/mol. The van der Waals surface area contributed by atoms with Crippen LogP contribution in [-0.2, 0) is 11.3 Å². The van der Waals surface area contributed by atoms with E-state index in [0.29, 0.717) is 10.8 Å². The van der Waals surface area contributed by atoms with Gasteiger partial charge in [0.15, 0.2) is 0 Å². The van der Waals surface area contributed by atoms with E-state index in [0.717, 1.165) is 0 Å². The Labute approximate surface area is 110 Å². The van der Waals surface area contributed by atoms with Crippen molar-refractivity contribution in [3.63, 3.8) is 0 Å². The average molecular weight is 258 g/mol. The Balaban J connectivity index is 2.73. The molecular weight excluding hydrogens is 244 g/mol. The molecule has 19 heavy (non-hydrogen) atoms. The van der Waals surface area contributed by atoms with Crippen LogP contribution in [0.25, 0.3) is 10.8 Å². The molecule has 0 aromatic carbocycles. The fourth-order valence-electron chi connectivity index (χ4n) is 1.87. The second-order valence-corrected chi connectivity index (χ2v) is 3.92. The molecule has 0 aliphatic rings. The Morgan fingerprint density at radius 3 is 3.05 bits per heavy atom. The number of aromatic nitrogens is 2. The lowest BCUT2D eigenvalue weighted by Crippen LogP contribution is -2.26. The summed E-state index contributed by atoms with van der Waals surface area (Å²) < 4.78 is 6.31. The normalized spacial score (nSPS) is 10.4. The van der Waals surface area contributed by atoms with E-state index in [9.17, 15) is 9.59 Å². The third kappa shape index (κ3) is 2.40. The van der Waals surface area contributed by atoms with Crippen molar-refractivity contribution < 1.29 is 9.53 Å². The first kappa shape index (κ1) is 13.0. The predicted octanol–water partition coefficient (Wildman–Crippen LogP) is 1.76. The monoisotopic (exact) mass is 258 g/mol. The zero-order valence-electron chi connectivity index (χ0n) is 10.6. The lowest BCUT2D eigenvalue weighted by atomic mass is 10.2. The van der Waals surface area contributed by atoms with E-state index in [1.54, 1.807) is 31.3 Å². The van der Waals surface area contributed by atoms with Gasteiger partial charge in [0.2, 0.25) is 0 Å². The van der Waals surface area contributed by atoms with Crippen molar-refractivity contribution in [2.24, 2.45) is 0 Å². The summed E-state index contributed by atoms with van der Waals surface area (Å²) in [6.07, 6.45) is 4.63. The highest BCUT2D eigenvalue weighted by molar-refractivity contribution is 5.93. The second-order valence-electron chi connectivity index (χ2n) is 3.92. The van der Waals surface area contributed by atoms with E-state index in [1.807, 2.05) is 0 Å². The van der Waals surface area contributed by atoms with Crippen LogP contribution < -0.4 is 5.56 Å². The Kier molecular flexibility index (Phi) is 3.75. The zero-order valence-corrected chi connectivity index (χ0v) is 10.6. The van der Waals surface area contributed by atoms with Crippen molar-refractivity contribution in [3.05, 3.63) is 53.2 Å². The SMILES string of the molecule is C=CCn1c(C(=O)OCC)cc2ccncc2c1=O. The first-order valence-corrected chi connectivity index (χ1v) is 5.94. The number of fused-ring (bicyclic) bond motifs is 1. The van der Waals surface area contributed by atoms with Crippen molar-refractivity contribution in [3.8, 4) is 0 Å². The van der Waals surface area contributed by atoms with Crippen LogP contribution in [-0.4, -0.2) is 22.1 Å². The number of esters is 1. The number of pyridine rings is 2. The van der Waals surface area contributed by atoms with Crippen molar-refractivity contribution in [1.82, 2.24) is 9.55 Å². The summed E-state index contributed by atoms with van der Waals surface area (Å²) in [6.45, 7) is 5.82. The molecule has 98 valence electrons. The molecule has 2 aromatic heterocycles. The lowest BCUT2D eigenvalue weighted by Gasteiger charge is -2.11. The molecule has 2 heterocycles. The van der Waals surface area contributed by atoms with Gasteiger partial charge in [-0.05, 0) is 24.4 Å². The number of hydrogen-bond donors (Lipinski definition) is 0. The number of nitrogens with zero attached hydrogens (tertiary/aromatic N) is 2. The number of allylic oxidation sites excluding steroid dienone is 1. The molecule has 0 fully saturated rings. The van der Waals surface area contributed by atoms with E-state index >= 15 is 0 Å². The molecule has 0 N–H and O–H groups in total. The highest BCUT2D eigenvalue weighted by atomic mass is 16.5. The van der Waals surface area contributed by atoms with Crippen molar-refractivity contribution in [1.29, 1.82) is 0 Å². The van der Waals surface area contributed by atoms with Crippen molar-refractivity contribution in [2.75, 3.05) is 6.61 Å². The van der Waals surface area contributed by atoms with E-state index in [4.69, 9.17) is 4.74 Å². The minimum absolute atomic E-state index is 0.227. The molecule has 0 saturated heterocycles. The summed E-state index contributed by atoms with van der Waals surface area (Å²) in [4.78, 5) is 28.2. The first-order chi connectivity index (χ1) is 9.19. The number of carbonyl (C=O) groups excluding carboxylic acids is 1. The molecule has 5 heteroatoms. The molecule has 2 aromatic rings. The van der Waals surface area contributed by atoms with Gasteiger partial charge in [-0.25, -0.2) is 4.79 Å². The number of hydrogen-bond acceptors (Lipinski definition) is 4. The molecule has 0 aliphatic heterocycles. The van der Waals surface area contributed by atoms with Gasteiger partial charge in [-0.2, -0.15) is 0 Å². The topological polar surface area (TPSA) is 61.2 Å². The van der Waals surface area contributed by atoms with Gasteiger partial charge in [0.1, 0.15) is 5.69 Å². The quantitative estimate of drug-likeness (QED) is 0.619. The van der Waals surface area contributed by atoms with Gasteiger partial charge < -0.3 is 4.74 Å². The van der Waals surface area contributed by atoms with Crippen LogP contribution in [0.5, 0.6) is 0 Å². The Bertz CT molecular complexity index is 689. The summed E-state index contributed by atoms with van der Waals surface area (Å²) in [6, 6.07) is 3.33. The number of carbonyl (C=O) groups is 1. The van der Waals surface area contributed by atoms with Gasteiger partial charge in [0, 0.05) is 18.9 Å². The fraction of sp³-hybridized carbons (Fsp3) is 0.214. The van der Waals surface area contributed by atoms with Crippen molar-refractivity contribution >= 4 is 16.7 Å². The maximum absolute atomic E-state index is 12.3. The maximum atomic E-state index is 12.3. The Morgan fingerprint density at radius 1 is 1.58 bits per heavy atom. The first-order valence-electron chi connectivity index (χ1n) is 5.94. The molecule has 0 unspecified atom stereocenters. The number of rotatable bonds is 4. The maximum Gasteiger partial charge on any atom is 0.355 e. The second kappa shape index (κ2) is 5.48. The molecule has 2 rings (SSSR count). The number of ether oxygens (including phenoxy) is 1. The largest absolute Gasteiger partial charge is 0.461 e. The van der Waals surface area contributed by atoms with Crippen LogP contribution in [0.1, 0.15) is 17.4 Å². The molecule has 0 aliphatic carbocycles. The van der Waals surface area contributed by atoms with Crippen LogP contribution in [0.15, 0.2) is 42.0 Å². The molecule has 0 saturated carbocycles. The average Bonchev–Trinajstić information content (AvgIpc) is 2.42. The van der Waals surface area contributed by atoms with Crippen LogP contribution in [0.2, 0.25) is 0 Å². The van der Waals surface area contributed by atoms with Crippen LogP contribution in [0.3, 0.4) is 0 Å². The zero-order chi connectivity index (χ0) is 13.8. The highest BCUT2D eigenvalue weighted by Crippen LogP contribution is 2.12. The highest BCUT2D eigenvalue weighted by Gasteiger charge is 2.15. The fourth-order valence-corrected chi connectivity index (χ4v) is 1.87. The van der Waals surface area contributed by atoms with Crippen LogP contribution >= 0.6 is 0 Å². The van der Waals surface area contributed by atoms with E-state index in [-0.39, 0.29) is 24.4 Å². The third-order valence-corrected chi connectivity index (χ3v) is 2.71. The van der Waals surface area contributed by atoms with Crippen LogP contribution in [0.4, 0.5) is 0 Å². The Hall–Kier alpha value is -2.43. The van der Waals surface area contributed by atoms with Gasteiger partial charge in [0.25, 0.3) is 5.56 Å². The molecule has 0 amide bonds. The molecule has 0 bridgehead atoms. The summed E-state index contributed by atoms with van der Waals surface area (Å²) in [5.41, 5.74) is -0.0426. The van der Waals surface area contributed by atoms with E-state index in [1.165, 1.54) is 10.8 Å². The molecule has 0 atom stereocenters. The summed E-state index contributed by atoms with van der Waals surface area (Å²) in [5, 5.41) is 1.14. The van der Waals surface area contributed by atoms with Gasteiger partial charge in [-0.15, -0.1) is 6.58 Å². The third-order valence-electron chi connectivity index (χ3n) is 2.71. The Morgan fingerprint density at radius 2 is 2.37 bits per heavy atom. The molecule has 0 spiro atoms. The summed E-state index contributed by atoms with van der Waals surface area (Å²) in [5.74, 6) is -0.514. The van der Waals surface area contributed by atoms with Crippen molar-refractivity contribution in [2.45, 2.75) is 13.5 Å². The lowest BCUT2D eigenvalue weighted by molar-refractivity contribution is 0.0513. The standard InChI is InChI=1S/C14H14N2O3/c1-3-7-16-12(14(18)19-4-2)8-10-5-6-15-9-11(10)13(16)17/h3,5-6,8-9H,1,4,7H2,2H3. The van der Waals surface area contributed by atoms with Gasteiger partial charge >= 0.3 is 5.97 Å². The van der Waals surface area contributed by atoms with Gasteiger partial charge in [-0.1, -0.05) is 6.08 Å². The van der Waals surface area contributed by atoms with Gasteiger partial charge in [0.05, 0.1) is 12.0 Å². The minimum Gasteiger partial charge on any atom is -0.461 e. The van der Waals surface area contributed by atoms with Gasteiger partial charge in [-0.3, -0.25) is 14.3 Å². The van der Waals surface area contributed by atoms with Crippen LogP contribution in [0, 0.1) is 0 Å². The van der Waals surface area contributed by atoms with E-state index in [2.05, 4.69) is 11.6 Å². The molecule has 0 radical (unpaired) electrons. The summed E-state index contributed by atoms with van der Waals surface area (Å²) >= 11 is 0. The molecular formula is C14H14N2O3. The smallest absolute Gasteiger partial charge is 0.355 e. The van der Waals surface area contributed by atoms with E-state index < -0.39 is 5.97 Å².